The van der Waals surface area contributed by atoms with E-state index in [1.807, 2.05) is 0 Å². The largest absolute Gasteiger partial charge is 0.392 e. The Bertz CT molecular complexity index is 315. The van der Waals surface area contributed by atoms with E-state index in [0.29, 0.717) is 0 Å². The minimum atomic E-state index is -2.82. The quantitative estimate of drug-likeness (QED) is 0.775. The Morgan fingerprint density at radius 1 is 1.54 bits per heavy atom. The van der Waals surface area contributed by atoms with Crippen molar-refractivity contribution < 1.29 is 18.3 Å². The predicted molar refractivity (Wildman–Crippen MR) is 39.8 cm³/mol. The zero-order chi connectivity index (χ0) is 10.0. The maximum Gasteiger partial charge on any atom is 0.265 e. The maximum absolute atomic E-state index is 13.1. The summed E-state index contributed by atoms with van der Waals surface area (Å²) in [5, 5.41) is 8.67. The summed E-state index contributed by atoms with van der Waals surface area (Å²) in [6.07, 6.45) is -1.93. The molecule has 2 nitrogen and oxygen atoms in total. The highest BCUT2D eigenvalue weighted by Crippen LogP contribution is 2.25. The smallest absolute Gasteiger partial charge is 0.265 e. The molecular weight excluding hydrogens is 183 g/mol. The first-order chi connectivity index (χ1) is 6.07. The molecule has 72 valence electrons. The van der Waals surface area contributed by atoms with E-state index in [1.54, 1.807) is 0 Å². The fourth-order valence-corrected chi connectivity index (χ4v) is 0.995. The molecular formula is C8H8F3NO. The number of hydrogen-bond donors (Lipinski definition) is 1. The first kappa shape index (κ1) is 9.98. The zero-order valence-electron chi connectivity index (χ0n) is 6.89. The lowest BCUT2D eigenvalue weighted by atomic mass is 10.1. The van der Waals surface area contributed by atoms with Gasteiger partial charge in [-0.05, 0) is 6.92 Å². The number of rotatable bonds is 2. The molecule has 0 unspecified atom stereocenters. The maximum atomic E-state index is 13.1. The SMILES string of the molecule is Cc1ncc(C(F)F)c(CO)c1F. The van der Waals surface area contributed by atoms with Crippen molar-refractivity contribution in [1.82, 2.24) is 4.98 Å². The van der Waals surface area contributed by atoms with Gasteiger partial charge in [-0.25, -0.2) is 13.2 Å². The molecule has 0 atom stereocenters. The molecule has 0 bridgehead atoms. The monoisotopic (exact) mass is 191 g/mol. The highest BCUT2D eigenvalue weighted by Gasteiger charge is 2.18. The lowest BCUT2D eigenvalue weighted by Crippen LogP contribution is -2.03. The first-order valence-corrected chi connectivity index (χ1v) is 3.60. The molecule has 0 amide bonds. The van der Waals surface area contributed by atoms with Crippen LogP contribution in [0.1, 0.15) is 23.2 Å². The predicted octanol–water partition coefficient (Wildman–Crippen LogP) is 1.96. The summed E-state index contributed by atoms with van der Waals surface area (Å²) in [5.41, 5.74) is -0.915. The summed E-state index contributed by atoms with van der Waals surface area (Å²) in [4.78, 5) is 3.44. The van der Waals surface area contributed by atoms with Gasteiger partial charge in [0.25, 0.3) is 6.43 Å². The molecule has 0 aliphatic carbocycles. The highest BCUT2D eigenvalue weighted by molar-refractivity contribution is 5.28. The summed E-state index contributed by atoms with van der Waals surface area (Å²) in [6.45, 7) is 0.610. The van der Waals surface area contributed by atoms with Crippen molar-refractivity contribution in [1.29, 1.82) is 0 Å². The van der Waals surface area contributed by atoms with Crippen molar-refractivity contribution in [3.8, 4) is 0 Å². The Morgan fingerprint density at radius 3 is 2.62 bits per heavy atom. The Morgan fingerprint density at radius 2 is 2.15 bits per heavy atom. The number of aliphatic hydroxyl groups excluding tert-OH is 1. The van der Waals surface area contributed by atoms with E-state index < -0.39 is 24.4 Å². The van der Waals surface area contributed by atoms with E-state index in [1.165, 1.54) is 6.92 Å². The molecule has 0 aliphatic heterocycles. The molecule has 0 fully saturated rings. The lowest BCUT2D eigenvalue weighted by molar-refractivity contribution is 0.145. The summed E-state index contributed by atoms with van der Waals surface area (Å²) < 4.78 is 37.5. The van der Waals surface area contributed by atoms with E-state index in [4.69, 9.17) is 5.11 Å². The Hall–Kier alpha value is -1.10. The van der Waals surface area contributed by atoms with E-state index in [0.717, 1.165) is 6.20 Å². The van der Waals surface area contributed by atoms with Crippen molar-refractivity contribution in [2.45, 2.75) is 20.0 Å². The van der Waals surface area contributed by atoms with E-state index in [2.05, 4.69) is 4.98 Å². The van der Waals surface area contributed by atoms with Crippen LogP contribution in [0, 0.1) is 12.7 Å². The summed E-state index contributed by atoms with van der Waals surface area (Å²) in [6, 6.07) is 0. The third-order valence-corrected chi connectivity index (χ3v) is 1.72. The van der Waals surface area contributed by atoms with Gasteiger partial charge < -0.3 is 5.11 Å². The lowest BCUT2D eigenvalue weighted by Gasteiger charge is -2.08. The van der Waals surface area contributed by atoms with E-state index in [9.17, 15) is 13.2 Å². The zero-order valence-corrected chi connectivity index (χ0v) is 6.89. The van der Waals surface area contributed by atoms with Gasteiger partial charge in [-0.2, -0.15) is 0 Å². The average molecular weight is 191 g/mol. The Kier molecular flexibility index (Phi) is 2.87. The van der Waals surface area contributed by atoms with Crippen LogP contribution in [-0.4, -0.2) is 10.1 Å². The van der Waals surface area contributed by atoms with Crippen LogP contribution in [0.4, 0.5) is 13.2 Å². The van der Waals surface area contributed by atoms with Gasteiger partial charge in [-0.3, -0.25) is 4.98 Å². The molecule has 1 heterocycles. The average Bonchev–Trinajstić information content (AvgIpc) is 2.09. The van der Waals surface area contributed by atoms with Crippen LogP contribution in [-0.2, 0) is 6.61 Å². The number of aryl methyl sites for hydroxylation is 1. The fraction of sp³-hybridized carbons (Fsp3) is 0.375. The fourth-order valence-electron chi connectivity index (χ4n) is 0.995. The topological polar surface area (TPSA) is 33.1 Å². The van der Waals surface area contributed by atoms with Gasteiger partial charge in [0.1, 0.15) is 5.82 Å². The minimum Gasteiger partial charge on any atom is -0.392 e. The first-order valence-electron chi connectivity index (χ1n) is 3.60. The normalized spacial score (nSPS) is 10.9. The second-order valence-corrected chi connectivity index (χ2v) is 2.55. The Labute approximate surface area is 73.0 Å². The Balaban J connectivity index is 3.30. The molecule has 0 saturated heterocycles. The number of aromatic nitrogens is 1. The molecule has 0 spiro atoms. The van der Waals surface area contributed by atoms with Gasteiger partial charge >= 0.3 is 0 Å². The summed E-state index contributed by atoms with van der Waals surface area (Å²) in [5.74, 6) is -0.861. The number of aliphatic hydroxyl groups is 1. The molecule has 0 aromatic carbocycles. The summed E-state index contributed by atoms with van der Waals surface area (Å²) >= 11 is 0. The standard InChI is InChI=1S/C8H8F3NO/c1-4-7(9)6(3-13)5(2-12-4)8(10)11/h2,8,13H,3H2,1H3. The number of alkyl halides is 2. The summed E-state index contributed by atoms with van der Waals surface area (Å²) in [7, 11) is 0. The van der Waals surface area contributed by atoms with Crippen LogP contribution < -0.4 is 0 Å². The number of hydrogen-bond acceptors (Lipinski definition) is 2. The molecule has 0 aliphatic rings. The molecule has 0 radical (unpaired) electrons. The van der Waals surface area contributed by atoms with E-state index >= 15 is 0 Å². The van der Waals surface area contributed by atoms with Gasteiger partial charge in [0, 0.05) is 17.3 Å². The van der Waals surface area contributed by atoms with Crippen LogP contribution in [0.3, 0.4) is 0 Å². The van der Waals surface area contributed by atoms with Gasteiger partial charge in [0.2, 0.25) is 0 Å². The van der Waals surface area contributed by atoms with Gasteiger partial charge in [0.15, 0.2) is 0 Å². The van der Waals surface area contributed by atoms with Crippen molar-refractivity contribution in [3.63, 3.8) is 0 Å². The molecule has 1 aromatic rings. The van der Waals surface area contributed by atoms with Gasteiger partial charge in [-0.1, -0.05) is 0 Å². The minimum absolute atomic E-state index is 0.00782. The molecule has 1 N–H and O–H groups in total. The van der Waals surface area contributed by atoms with Crippen LogP contribution in [0.5, 0.6) is 0 Å². The number of nitrogens with zero attached hydrogens (tertiary/aromatic N) is 1. The third-order valence-electron chi connectivity index (χ3n) is 1.72. The molecule has 13 heavy (non-hydrogen) atoms. The van der Waals surface area contributed by atoms with Crippen LogP contribution in [0.25, 0.3) is 0 Å². The van der Waals surface area contributed by atoms with Crippen molar-refractivity contribution in [3.05, 3.63) is 28.8 Å². The van der Waals surface area contributed by atoms with Gasteiger partial charge in [0.05, 0.1) is 12.3 Å². The van der Waals surface area contributed by atoms with Crippen LogP contribution in [0.15, 0.2) is 6.20 Å². The second kappa shape index (κ2) is 3.74. The van der Waals surface area contributed by atoms with Crippen LogP contribution in [0.2, 0.25) is 0 Å². The number of halogens is 3. The van der Waals surface area contributed by atoms with Crippen molar-refractivity contribution >= 4 is 0 Å². The number of pyridine rings is 1. The molecule has 1 aromatic heterocycles. The molecule has 0 saturated carbocycles. The molecule has 5 heteroatoms. The second-order valence-electron chi connectivity index (χ2n) is 2.55. The van der Waals surface area contributed by atoms with Crippen molar-refractivity contribution in [2.24, 2.45) is 0 Å². The van der Waals surface area contributed by atoms with E-state index in [-0.39, 0.29) is 11.3 Å². The molecule has 1 rings (SSSR count). The van der Waals surface area contributed by atoms with Crippen LogP contribution >= 0.6 is 0 Å². The van der Waals surface area contributed by atoms with Gasteiger partial charge in [-0.15, -0.1) is 0 Å². The highest BCUT2D eigenvalue weighted by atomic mass is 19.3. The van der Waals surface area contributed by atoms with Crippen molar-refractivity contribution in [2.75, 3.05) is 0 Å². The third kappa shape index (κ3) is 1.80.